The third-order valence-corrected chi connectivity index (χ3v) is 3.81. The van der Waals surface area contributed by atoms with Crippen molar-refractivity contribution >= 4 is 11.8 Å². The molecule has 2 saturated heterocycles. The first-order valence-electron chi connectivity index (χ1n) is 6.80. The Bertz CT molecular complexity index is 573. The molecule has 0 aromatic heterocycles. The van der Waals surface area contributed by atoms with Crippen molar-refractivity contribution in [1.29, 1.82) is 0 Å². The molecule has 1 atom stereocenters. The monoisotopic (exact) mass is 295 g/mol. The molecule has 1 unspecified atom stereocenters. The molecular weight excluding hydrogens is 280 g/mol. The molecule has 3 rings (SSSR count). The van der Waals surface area contributed by atoms with Gasteiger partial charge in [-0.15, -0.1) is 0 Å². The Labute approximate surface area is 120 Å². The molecule has 7 heteroatoms. The van der Waals surface area contributed by atoms with E-state index < -0.39 is 23.4 Å². The maximum atomic E-state index is 13.2. The predicted octanol–water partition coefficient (Wildman–Crippen LogP) is 0.107. The first-order chi connectivity index (χ1) is 10.0. The summed E-state index contributed by atoms with van der Waals surface area (Å²) in [4.78, 5) is 27.1. The molecule has 1 aromatic carbocycles. The van der Waals surface area contributed by atoms with E-state index in [-0.39, 0.29) is 12.6 Å². The highest BCUT2D eigenvalue weighted by atomic mass is 19.1. The lowest BCUT2D eigenvalue weighted by Crippen LogP contribution is -2.65. The molecule has 2 fully saturated rings. The average Bonchev–Trinajstić information content (AvgIpc) is 2.43. The van der Waals surface area contributed by atoms with E-state index in [1.165, 1.54) is 17.0 Å². The second-order valence-electron chi connectivity index (χ2n) is 5.32. The smallest absolute Gasteiger partial charge is 0.312 e. The topological polar surface area (TPSA) is 52.7 Å². The number of halogens is 2. The maximum Gasteiger partial charge on any atom is 0.312 e. The molecule has 1 aromatic rings. The molecule has 1 N–H and O–H groups in total. The van der Waals surface area contributed by atoms with Gasteiger partial charge in [0.15, 0.2) is 0 Å². The molecule has 0 saturated carbocycles. The van der Waals surface area contributed by atoms with Gasteiger partial charge in [-0.2, -0.15) is 0 Å². The fourth-order valence-corrected chi connectivity index (χ4v) is 2.85. The molecule has 2 amide bonds. The maximum absolute atomic E-state index is 13.2. The number of piperazine rings is 2. The van der Waals surface area contributed by atoms with E-state index in [0.29, 0.717) is 31.7 Å². The number of benzene rings is 1. The van der Waals surface area contributed by atoms with Gasteiger partial charge in [0.25, 0.3) is 0 Å². The van der Waals surface area contributed by atoms with Crippen LogP contribution >= 0.6 is 0 Å². The highest BCUT2D eigenvalue weighted by Crippen LogP contribution is 2.17. The molecule has 0 bridgehead atoms. The first-order valence-corrected chi connectivity index (χ1v) is 6.80. The van der Waals surface area contributed by atoms with Crippen molar-refractivity contribution in [3.8, 4) is 0 Å². The van der Waals surface area contributed by atoms with Gasteiger partial charge in [0, 0.05) is 38.8 Å². The van der Waals surface area contributed by atoms with Crippen LogP contribution < -0.4 is 5.32 Å². The SMILES string of the molecule is O=C1C(=O)N2CCNCC2CN1Cc1cc(F)cc(F)c1. The molecule has 2 heterocycles. The van der Waals surface area contributed by atoms with E-state index in [1.807, 2.05) is 0 Å². The third-order valence-electron chi connectivity index (χ3n) is 3.81. The number of amides is 2. The molecule has 2 aliphatic heterocycles. The van der Waals surface area contributed by atoms with Gasteiger partial charge >= 0.3 is 11.8 Å². The summed E-state index contributed by atoms with van der Waals surface area (Å²) in [7, 11) is 0. The van der Waals surface area contributed by atoms with Crippen LogP contribution in [0.25, 0.3) is 0 Å². The van der Waals surface area contributed by atoms with Gasteiger partial charge < -0.3 is 15.1 Å². The summed E-state index contributed by atoms with van der Waals surface area (Å²) in [5, 5.41) is 3.17. The summed E-state index contributed by atoms with van der Waals surface area (Å²) in [6.45, 7) is 2.20. The summed E-state index contributed by atoms with van der Waals surface area (Å²) in [5.74, 6) is -2.54. The summed E-state index contributed by atoms with van der Waals surface area (Å²) < 4.78 is 26.4. The Hall–Kier alpha value is -2.02. The second kappa shape index (κ2) is 5.40. The van der Waals surface area contributed by atoms with E-state index in [1.54, 1.807) is 4.90 Å². The van der Waals surface area contributed by atoms with Crippen molar-refractivity contribution in [2.75, 3.05) is 26.2 Å². The highest BCUT2D eigenvalue weighted by molar-refractivity contribution is 6.35. The van der Waals surface area contributed by atoms with Gasteiger partial charge in [0.05, 0.1) is 6.04 Å². The number of carbonyl (C=O) groups is 2. The van der Waals surface area contributed by atoms with Gasteiger partial charge in [-0.3, -0.25) is 9.59 Å². The summed E-state index contributed by atoms with van der Waals surface area (Å²) in [6.07, 6.45) is 0. The Balaban J connectivity index is 1.78. The fourth-order valence-electron chi connectivity index (χ4n) is 2.85. The van der Waals surface area contributed by atoms with Gasteiger partial charge in [0.1, 0.15) is 11.6 Å². The number of carbonyl (C=O) groups excluding carboxylic acids is 2. The zero-order chi connectivity index (χ0) is 15.0. The van der Waals surface area contributed by atoms with E-state index >= 15 is 0 Å². The van der Waals surface area contributed by atoms with Gasteiger partial charge in [-0.25, -0.2) is 8.78 Å². The molecule has 112 valence electrons. The Kier molecular flexibility index (Phi) is 3.59. The first kappa shape index (κ1) is 13.9. The minimum absolute atomic E-state index is 0.0313. The normalized spacial score (nSPS) is 22.5. The molecule has 0 spiro atoms. The van der Waals surface area contributed by atoms with Crippen molar-refractivity contribution in [3.05, 3.63) is 35.4 Å². The molecule has 2 aliphatic rings. The van der Waals surface area contributed by atoms with Crippen LogP contribution in [-0.2, 0) is 16.1 Å². The number of hydrogen-bond donors (Lipinski definition) is 1. The Morgan fingerprint density at radius 3 is 2.57 bits per heavy atom. The van der Waals surface area contributed by atoms with Crippen LogP contribution in [0, 0.1) is 11.6 Å². The minimum Gasteiger partial charge on any atom is -0.328 e. The van der Waals surface area contributed by atoms with Crippen molar-refractivity contribution in [2.24, 2.45) is 0 Å². The summed E-state index contributed by atoms with van der Waals surface area (Å²) in [6, 6.07) is 3.04. The number of hydrogen-bond acceptors (Lipinski definition) is 3. The van der Waals surface area contributed by atoms with Crippen molar-refractivity contribution in [3.63, 3.8) is 0 Å². The zero-order valence-electron chi connectivity index (χ0n) is 11.3. The summed E-state index contributed by atoms with van der Waals surface area (Å²) in [5.41, 5.74) is 0.339. The number of nitrogens with one attached hydrogen (secondary N) is 1. The standard InChI is InChI=1S/C14H15F2N3O2/c15-10-3-9(4-11(16)5-10)7-18-8-12-6-17-1-2-19(12)14(21)13(18)20/h3-5,12,17H,1-2,6-8H2. The van der Waals surface area contributed by atoms with Crippen LogP contribution in [0.1, 0.15) is 5.56 Å². The Morgan fingerprint density at radius 2 is 1.86 bits per heavy atom. The van der Waals surface area contributed by atoms with Crippen LogP contribution in [0.5, 0.6) is 0 Å². The number of fused-ring (bicyclic) bond motifs is 1. The van der Waals surface area contributed by atoms with E-state index in [2.05, 4.69) is 5.32 Å². The van der Waals surface area contributed by atoms with Gasteiger partial charge in [-0.05, 0) is 17.7 Å². The summed E-state index contributed by atoms with van der Waals surface area (Å²) >= 11 is 0. The van der Waals surface area contributed by atoms with Crippen molar-refractivity contribution in [1.82, 2.24) is 15.1 Å². The van der Waals surface area contributed by atoms with E-state index in [9.17, 15) is 18.4 Å². The molecule has 0 radical (unpaired) electrons. The quantitative estimate of drug-likeness (QED) is 0.788. The van der Waals surface area contributed by atoms with Crippen molar-refractivity contribution in [2.45, 2.75) is 12.6 Å². The lowest BCUT2D eigenvalue weighted by molar-refractivity contribution is -0.160. The number of nitrogens with zero attached hydrogens (tertiary/aromatic N) is 2. The highest BCUT2D eigenvalue weighted by Gasteiger charge is 2.39. The van der Waals surface area contributed by atoms with Crippen LogP contribution in [0.3, 0.4) is 0 Å². The molecular formula is C14H15F2N3O2. The fraction of sp³-hybridized carbons (Fsp3) is 0.429. The van der Waals surface area contributed by atoms with Crippen LogP contribution in [0.15, 0.2) is 18.2 Å². The number of rotatable bonds is 2. The lowest BCUT2D eigenvalue weighted by atomic mass is 10.1. The lowest BCUT2D eigenvalue weighted by Gasteiger charge is -2.43. The molecule has 5 nitrogen and oxygen atoms in total. The Morgan fingerprint density at radius 1 is 1.14 bits per heavy atom. The third kappa shape index (κ3) is 2.73. The second-order valence-corrected chi connectivity index (χ2v) is 5.32. The van der Waals surface area contributed by atoms with Crippen molar-refractivity contribution < 1.29 is 18.4 Å². The van der Waals surface area contributed by atoms with Crippen LogP contribution in [-0.4, -0.2) is 53.8 Å². The van der Waals surface area contributed by atoms with Gasteiger partial charge in [0.2, 0.25) is 0 Å². The average molecular weight is 295 g/mol. The van der Waals surface area contributed by atoms with Crippen LogP contribution in [0.4, 0.5) is 8.78 Å². The molecule has 0 aliphatic carbocycles. The predicted molar refractivity (Wildman–Crippen MR) is 70.1 cm³/mol. The molecule has 21 heavy (non-hydrogen) atoms. The van der Waals surface area contributed by atoms with E-state index in [4.69, 9.17) is 0 Å². The van der Waals surface area contributed by atoms with Gasteiger partial charge in [-0.1, -0.05) is 0 Å². The van der Waals surface area contributed by atoms with E-state index in [0.717, 1.165) is 6.07 Å². The zero-order valence-corrected chi connectivity index (χ0v) is 11.3. The van der Waals surface area contributed by atoms with Crippen LogP contribution in [0.2, 0.25) is 0 Å². The minimum atomic E-state index is -0.693. The largest absolute Gasteiger partial charge is 0.328 e.